The van der Waals surface area contributed by atoms with Crippen LogP contribution in [0.1, 0.15) is 41.3 Å². The molecule has 1 aliphatic rings. The van der Waals surface area contributed by atoms with Gasteiger partial charge in [0.2, 0.25) is 0 Å². The Morgan fingerprint density at radius 2 is 1.86 bits per heavy atom. The summed E-state index contributed by atoms with van der Waals surface area (Å²) in [4.78, 5) is 20.9. The van der Waals surface area contributed by atoms with Crippen LogP contribution in [0, 0.1) is 0 Å². The van der Waals surface area contributed by atoms with Crippen molar-refractivity contribution < 1.29 is 13.2 Å². The number of pyridine rings is 1. The minimum Gasteiger partial charge on any atom is -0.358 e. The van der Waals surface area contributed by atoms with Crippen molar-refractivity contribution >= 4 is 22.6 Å². The maximum Gasteiger partial charge on any atom is 0.434 e. The van der Waals surface area contributed by atoms with E-state index in [-0.39, 0.29) is 5.82 Å². The average molecular weight is 509 g/mol. The fraction of sp³-hybridized carbons (Fsp3) is 0.231. The first kappa shape index (κ1) is 22.7. The topological polar surface area (TPSA) is 72.3 Å². The van der Waals surface area contributed by atoms with Crippen molar-refractivity contribution in [2.24, 2.45) is 7.05 Å². The van der Waals surface area contributed by atoms with Gasteiger partial charge in [-0.25, -0.2) is 15.0 Å². The van der Waals surface area contributed by atoms with E-state index in [9.17, 15) is 13.2 Å². The van der Waals surface area contributed by atoms with Crippen LogP contribution in [0.15, 0.2) is 55.1 Å². The number of benzene rings is 1. The van der Waals surface area contributed by atoms with Crippen LogP contribution in [0.3, 0.4) is 0 Å². The standard InChI is InChI=1S/C26H20ClF3N6/c1-36-13-20(26(28,29)30)34-25(36)16-4-2-14(3-5-16)10-17-11-32-19-12-33-24(35-22(17)19)21-18(27)8-9-31-23(21)15-6-7-15/h2-5,8-9,11-13,15,32H,6-7,10H2,1H3. The molecule has 1 aliphatic carbocycles. The Balaban J connectivity index is 1.30. The Bertz CT molecular complexity index is 1580. The number of rotatable bonds is 5. The summed E-state index contributed by atoms with van der Waals surface area (Å²) in [6.07, 6.45) is 4.65. The van der Waals surface area contributed by atoms with Crippen LogP contribution in [0.5, 0.6) is 0 Å². The van der Waals surface area contributed by atoms with E-state index in [1.807, 2.05) is 18.3 Å². The van der Waals surface area contributed by atoms with E-state index in [1.54, 1.807) is 37.6 Å². The number of alkyl halides is 3. The highest BCUT2D eigenvalue weighted by molar-refractivity contribution is 6.33. The van der Waals surface area contributed by atoms with Gasteiger partial charge in [0.05, 0.1) is 33.5 Å². The molecule has 4 aromatic heterocycles. The van der Waals surface area contributed by atoms with E-state index in [2.05, 4.69) is 19.9 Å². The first-order valence-corrected chi connectivity index (χ1v) is 11.8. The van der Waals surface area contributed by atoms with Crippen molar-refractivity contribution in [3.63, 3.8) is 0 Å². The Labute approximate surface area is 209 Å². The quantitative estimate of drug-likeness (QED) is 0.292. The molecule has 1 saturated carbocycles. The first-order valence-electron chi connectivity index (χ1n) is 11.5. The van der Waals surface area contributed by atoms with Crippen LogP contribution >= 0.6 is 11.6 Å². The highest BCUT2D eigenvalue weighted by atomic mass is 35.5. The van der Waals surface area contributed by atoms with Crippen molar-refractivity contribution in [3.8, 4) is 22.8 Å². The van der Waals surface area contributed by atoms with Crippen molar-refractivity contribution in [3.05, 3.63) is 82.7 Å². The largest absolute Gasteiger partial charge is 0.434 e. The first-order chi connectivity index (χ1) is 17.3. The summed E-state index contributed by atoms with van der Waals surface area (Å²) in [5.41, 5.74) is 5.01. The van der Waals surface area contributed by atoms with E-state index in [1.165, 1.54) is 4.57 Å². The second-order valence-corrected chi connectivity index (χ2v) is 9.44. The summed E-state index contributed by atoms with van der Waals surface area (Å²) in [5, 5.41) is 0.585. The number of H-pyrrole nitrogens is 1. The monoisotopic (exact) mass is 508 g/mol. The zero-order chi connectivity index (χ0) is 25.0. The lowest BCUT2D eigenvalue weighted by molar-refractivity contribution is -0.140. The second kappa shape index (κ2) is 8.44. The molecule has 1 fully saturated rings. The van der Waals surface area contributed by atoms with Crippen molar-refractivity contribution in [1.82, 2.24) is 29.5 Å². The number of imidazole rings is 1. The molecule has 6 nitrogen and oxygen atoms in total. The Hall–Kier alpha value is -3.72. The molecule has 6 rings (SSSR count). The molecule has 5 aromatic rings. The molecule has 0 unspecified atom stereocenters. The molecule has 0 amide bonds. The third-order valence-electron chi connectivity index (χ3n) is 6.39. The van der Waals surface area contributed by atoms with Crippen molar-refractivity contribution in [2.75, 3.05) is 0 Å². The number of hydrogen-bond donors (Lipinski definition) is 1. The predicted molar refractivity (Wildman–Crippen MR) is 131 cm³/mol. The Kier molecular flexibility index (Phi) is 5.33. The number of aromatic nitrogens is 6. The van der Waals surface area contributed by atoms with Gasteiger partial charge in [-0.05, 0) is 24.5 Å². The van der Waals surface area contributed by atoms with Crippen molar-refractivity contribution in [2.45, 2.75) is 31.4 Å². The summed E-state index contributed by atoms with van der Waals surface area (Å²) < 4.78 is 40.5. The van der Waals surface area contributed by atoms with Crippen molar-refractivity contribution in [1.29, 1.82) is 0 Å². The van der Waals surface area contributed by atoms with Gasteiger partial charge in [0.25, 0.3) is 0 Å². The lowest BCUT2D eigenvalue weighted by atomic mass is 10.0. The van der Waals surface area contributed by atoms with Gasteiger partial charge in [0.1, 0.15) is 5.82 Å². The molecule has 1 N–H and O–H groups in total. The zero-order valence-corrected chi connectivity index (χ0v) is 19.9. The van der Waals surface area contributed by atoms with Gasteiger partial charge in [-0.1, -0.05) is 35.9 Å². The van der Waals surface area contributed by atoms with E-state index in [0.29, 0.717) is 28.7 Å². The van der Waals surface area contributed by atoms with Gasteiger partial charge in [-0.3, -0.25) is 4.98 Å². The number of nitrogens with zero attached hydrogens (tertiary/aromatic N) is 5. The highest BCUT2D eigenvalue weighted by Crippen LogP contribution is 2.44. The van der Waals surface area contributed by atoms with E-state index in [4.69, 9.17) is 16.6 Å². The summed E-state index contributed by atoms with van der Waals surface area (Å²) in [7, 11) is 1.55. The van der Waals surface area contributed by atoms with Crippen LogP contribution in [-0.4, -0.2) is 29.5 Å². The lowest BCUT2D eigenvalue weighted by Gasteiger charge is -2.09. The van der Waals surface area contributed by atoms with E-state index >= 15 is 0 Å². The number of aryl methyl sites for hydroxylation is 1. The summed E-state index contributed by atoms with van der Waals surface area (Å²) in [5.74, 6) is 1.21. The van der Waals surface area contributed by atoms with Crippen LogP contribution in [-0.2, 0) is 19.6 Å². The number of nitrogens with one attached hydrogen (secondary N) is 1. The van der Waals surface area contributed by atoms with Gasteiger partial charge >= 0.3 is 6.18 Å². The SMILES string of the molecule is Cn1cc(C(F)(F)F)nc1-c1ccc(Cc2c[nH]c3cnc(-c4c(Cl)ccnc4C4CC4)nc23)cc1. The summed E-state index contributed by atoms with van der Waals surface area (Å²) >= 11 is 6.54. The molecule has 0 aliphatic heterocycles. The molecule has 182 valence electrons. The Morgan fingerprint density at radius 1 is 1.08 bits per heavy atom. The smallest absolute Gasteiger partial charge is 0.358 e. The Morgan fingerprint density at radius 3 is 2.56 bits per heavy atom. The molecule has 0 atom stereocenters. The summed E-state index contributed by atoms with van der Waals surface area (Å²) in [6.45, 7) is 0. The van der Waals surface area contributed by atoms with Crippen LogP contribution in [0.2, 0.25) is 5.02 Å². The average Bonchev–Trinajstić information content (AvgIpc) is 3.51. The molecule has 10 heteroatoms. The normalized spacial score (nSPS) is 14.0. The molecule has 0 saturated heterocycles. The minimum atomic E-state index is -4.48. The fourth-order valence-corrected chi connectivity index (χ4v) is 4.66. The maximum atomic E-state index is 13.0. The minimum absolute atomic E-state index is 0.262. The van der Waals surface area contributed by atoms with Gasteiger partial charge in [-0.15, -0.1) is 0 Å². The molecule has 0 radical (unpaired) electrons. The number of fused-ring (bicyclic) bond motifs is 1. The molecule has 1 aromatic carbocycles. The van der Waals surface area contributed by atoms with Gasteiger partial charge in [-0.2, -0.15) is 13.2 Å². The molecule has 36 heavy (non-hydrogen) atoms. The van der Waals surface area contributed by atoms with Gasteiger partial charge < -0.3 is 9.55 Å². The van der Waals surface area contributed by atoms with Crippen LogP contribution < -0.4 is 0 Å². The third kappa shape index (κ3) is 4.13. The summed E-state index contributed by atoms with van der Waals surface area (Å²) in [6, 6.07) is 9.10. The molecule has 4 heterocycles. The number of halogens is 4. The van der Waals surface area contributed by atoms with Gasteiger partial charge in [0.15, 0.2) is 11.5 Å². The highest BCUT2D eigenvalue weighted by Gasteiger charge is 2.34. The number of hydrogen-bond acceptors (Lipinski definition) is 4. The van der Waals surface area contributed by atoms with Crippen LogP contribution in [0.4, 0.5) is 13.2 Å². The molecule has 0 spiro atoms. The number of aromatic amines is 1. The predicted octanol–water partition coefficient (Wildman–Crippen LogP) is 6.56. The molecule has 0 bridgehead atoms. The van der Waals surface area contributed by atoms with Gasteiger partial charge in [0, 0.05) is 49.1 Å². The van der Waals surface area contributed by atoms with Crippen LogP contribution in [0.25, 0.3) is 33.8 Å². The maximum absolute atomic E-state index is 13.0. The fourth-order valence-electron chi connectivity index (χ4n) is 4.42. The molecular formula is C26H20ClF3N6. The van der Waals surface area contributed by atoms with E-state index < -0.39 is 11.9 Å². The second-order valence-electron chi connectivity index (χ2n) is 9.03. The lowest BCUT2D eigenvalue weighted by Crippen LogP contribution is -2.04. The molecular weight excluding hydrogens is 489 g/mol. The zero-order valence-electron chi connectivity index (χ0n) is 19.1. The third-order valence-corrected chi connectivity index (χ3v) is 6.70. The van der Waals surface area contributed by atoms with E-state index in [0.717, 1.165) is 52.5 Å².